The van der Waals surface area contributed by atoms with Crippen molar-refractivity contribution in [3.63, 3.8) is 0 Å². The smallest absolute Gasteiger partial charge is 0.392 e. The minimum Gasteiger partial charge on any atom is -0.392 e. The Hall–Kier alpha value is -0.940. The van der Waals surface area contributed by atoms with Crippen LogP contribution in [0.25, 0.3) is 0 Å². The maximum absolute atomic E-state index is 12.7. The van der Waals surface area contributed by atoms with Gasteiger partial charge in [0.1, 0.15) is 0 Å². The zero-order valence-electron chi connectivity index (χ0n) is 10.6. The van der Waals surface area contributed by atoms with Crippen LogP contribution in [-0.2, 0) is 6.18 Å². The van der Waals surface area contributed by atoms with E-state index in [0.717, 1.165) is 12.1 Å². The van der Waals surface area contributed by atoms with Gasteiger partial charge in [-0.15, -0.1) is 0 Å². The molecule has 1 aliphatic rings. The van der Waals surface area contributed by atoms with Crippen LogP contribution in [0.3, 0.4) is 0 Å². The van der Waals surface area contributed by atoms with Crippen molar-refractivity contribution in [1.29, 1.82) is 0 Å². The zero-order valence-corrected chi connectivity index (χ0v) is 11.3. The Balaban J connectivity index is 2.20. The van der Waals surface area contributed by atoms with E-state index in [1.807, 2.05) is 13.8 Å². The second kappa shape index (κ2) is 4.56. The van der Waals surface area contributed by atoms with Crippen LogP contribution in [0.15, 0.2) is 18.2 Å². The molecule has 0 saturated heterocycles. The molecule has 0 heterocycles. The molecule has 0 aromatic heterocycles. The molecule has 2 unspecified atom stereocenters. The highest BCUT2D eigenvalue weighted by Gasteiger charge is 2.47. The molecular formula is C13H15ClF3NO. The van der Waals surface area contributed by atoms with Crippen molar-refractivity contribution in [3.05, 3.63) is 28.8 Å². The number of benzene rings is 1. The zero-order chi connectivity index (χ0) is 14.4. The van der Waals surface area contributed by atoms with Crippen molar-refractivity contribution in [3.8, 4) is 0 Å². The van der Waals surface area contributed by atoms with E-state index in [2.05, 4.69) is 5.32 Å². The van der Waals surface area contributed by atoms with Crippen molar-refractivity contribution in [2.24, 2.45) is 5.41 Å². The summed E-state index contributed by atoms with van der Waals surface area (Å²) >= 11 is 5.71. The fourth-order valence-electron chi connectivity index (χ4n) is 2.19. The van der Waals surface area contributed by atoms with Gasteiger partial charge in [-0.2, -0.15) is 13.2 Å². The summed E-state index contributed by atoms with van der Waals surface area (Å²) in [6, 6.07) is 3.32. The molecule has 0 amide bonds. The minimum absolute atomic E-state index is 0.0370. The second-order valence-electron chi connectivity index (χ2n) is 5.50. The number of anilines is 1. The number of nitrogens with one attached hydrogen (secondary N) is 1. The molecule has 2 N–H and O–H groups in total. The van der Waals surface area contributed by atoms with Gasteiger partial charge in [-0.1, -0.05) is 25.4 Å². The Morgan fingerprint density at radius 3 is 2.42 bits per heavy atom. The first kappa shape index (κ1) is 14.5. The van der Waals surface area contributed by atoms with E-state index in [9.17, 15) is 18.3 Å². The SMILES string of the molecule is CC1(C)C(O)CC1Nc1cc(Cl)cc(C(F)(F)F)c1. The molecule has 19 heavy (non-hydrogen) atoms. The molecule has 0 radical (unpaired) electrons. The molecule has 0 spiro atoms. The number of aliphatic hydroxyl groups is 1. The van der Waals surface area contributed by atoms with Crippen LogP contribution in [0.2, 0.25) is 5.02 Å². The molecule has 1 fully saturated rings. The fraction of sp³-hybridized carbons (Fsp3) is 0.538. The molecule has 2 nitrogen and oxygen atoms in total. The van der Waals surface area contributed by atoms with Gasteiger partial charge in [-0.25, -0.2) is 0 Å². The summed E-state index contributed by atoms with van der Waals surface area (Å²) in [6.45, 7) is 3.74. The van der Waals surface area contributed by atoms with Crippen molar-refractivity contribution < 1.29 is 18.3 Å². The molecule has 2 atom stereocenters. The number of aliphatic hydroxyl groups excluding tert-OH is 1. The lowest BCUT2D eigenvalue weighted by atomic mass is 9.64. The van der Waals surface area contributed by atoms with Crippen molar-refractivity contribution in [2.45, 2.75) is 38.6 Å². The molecule has 1 saturated carbocycles. The summed E-state index contributed by atoms with van der Waals surface area (Å²) in [5, 5.41) is 12.7. The summed E-state index contributed by atoms with van der Waals surface area (Å²) in [4.78, 5) is 0. The Morgan fingerprint density at radius 2 is 1.95 bits per heavy atom. The number of alkyl halides is 3. The van der Waals surface area contributed by atoms with Gasteiger partial charge in [-0.3, -0.25) is 0 Å². The molecule has 6 heteroatoms. The summed E-state index contributed by atoms with van der Waals surface area (Å²) < 4.78 is 38.0. The van der Waals surface area contributed by atoms with Crippen LogP contribution in [0.1, 0.15) is 25.8 Å². The predicted octanol–water partition coefficient (Wildman–Crippen LogP) is 3.93. The lowest BCUT2D eigenvalue weighted by Crippen LogP contribution is -2.56. The fourth-order valence-corrected chi connectivity index (χ4v) is 2.42. The van der Waals surface area contributed by atoms with E-state index in [-0.39, 0.29) is 16.5 Å². The van der Waals surface area contributed by atoms with Gasteiger partial charge in [0, 0.05) is 22.2 Å². The number of hydrogen-bond acceptors (Lipinski definition) is 2. The van der Waals surface area contributed by atoms with Crippen LogP contribution < -0.4 is 5.32 Å². The first-order chi connectivity index (χ1) is 8.60. The summed E-state index contributed by atoms with van der Waals surface area (Å²) in [5.41, 5.74) is -0.814. The third kappa shape index (κ3) is 2.82. The van der Waals surface area contributed by atoms with E-state index in [4.69, 9.17) is 11.6 Å². The highest BCUT2D eigenvalue weighted by molar-refractivity contribution is 6.30. The third-order valence-electron chi connectivity index (χ3n) is 3.78. The highest BCUT2D eigenvalue weighted by Crippen LogP contribution is 2.43. The van der Waals surface area contributed by atoms with Gasteiger partial charge in [-0.05, 0) is 24.6 Å². The minimum atomic E-state index is -4.42. The Bertz CT molecular complexity index is 487. The Kier molecular flexibility index (Phi) is 3.47. The summed E-state index contributed by atoms with van der Waals surface area (Å²) in [6.07, 6.45) is -4.34. The largest absolute Gasteiger partial charge is 0.416 e. The Labute approximate surface area is 114 Å². The van der Waals surface area contributed by atoms with Gasteiger partial charge in [0.2, 0.25) is 0 Å². The van der Waals surface area contributed by atoms with Crippen LogP contribution in [0.5, 0.6) is 0 Å². The van der Waals surface area contributed by atoms with E-state index >= 15 is 0 Å². The molecule has 1 aromatic carbocycles. The van der Waals surface area contributed by atoms with E-state index in [0.29, 0.717) is 12.1 Å². The van der Waals surface area contributed by atoms with Crippen LogP contribution in [-0.4, -0.2) is 17.3 Å². The van der Waals surface area contributed by atoms with E-state index in [1.165, 1.54) is 6.07 Å². The molecule has 1 aliphatic carbocycles. The van der Waals surface area contributed by atoms with Gasteiger partial charge >= 0.3 is 6.18 Å². The van der Waals surface area contributed by atoms with Gasteiger partial charge < -0.3 is 10.4 Å². The number of hydrogen-bond donors (Lipinski definition) is 2. The molecule has 2 rings (SSSR count). The monoisotopic (exact) mass is 293 g/mol. The quantitative estimate of drug-likeness (QED) is 0.866. The molecule has 106 valence electrons. The molecular weight excluding hydrogens is 279 g/mol. The number of halogens is 4. The van der Waals surface area contributed by atoms with Crippen LogP contribution in [0.4, 0.5) is 18.9 Å². The lowest BCUT2D eigenvalue weighted by Gasteiger charge is -2.49. The van der Waals surface area contributed by atoms with Crippen molar-refractivity contribution in [2.75, 3.05) is 5.32 Å². The van der Waals surface area contributed by atoms with E-state index < -0.39 is 17.8 Å². The molecule has 1 aromatic rings. The predicted molar refractivity (Wildman–Crippen MR) is 68.3 cm³/mol. The lowest BCUT2D eigenvalue weighted by molar-refractivity contribution is -0.137. The number of rotatable bonds is 2. The maximum atomic E-state index is 12.7. The summed E-state index contributed by atoms with van der Waals surface area (Å²) in [7, 11) is 0. The van der Waals surface area contributed by atoms with Gasteiger partial charge in [0.05, 0.1) is 11.7 Å². The second-order valence-corrected chi connectivity index (χ2v) is 5.93. The molecule has 0 aliphatic heterocycles. The molecule has 0 bridgehead atoms. The van der Waals surface area contributed by atoms with Gasteiger partial charge in [0.15, 0.2) is 0 Å². The van der Waals surface area contributed by atoms with Crippen LogP contribution in [0, 0.1) is 5.41 Å². The Morgan fingerprint density at radius 1 is 1.32 bits per heavy atom. The highest BCUT2D eigenvalue weighted by atomic mass is 35.5. The first-order valence-corrected chi connectivity index (χ1v) is 6.31. The first-order valence-electron chi connectivity index (χ1n) is 5.93. The third-order valence-corrected chi connectivity index (χ3v) is 4.00. The topological polar surface area (TPSA) is 32.3 Å². The van der Waals surface area contributed by atoms with Crippen molar-refractivity contribution in [1.82, 2.24) is 0 Å². The van der Waals surface area contributed by atoms with E-state index in [1.54, 1.807) is 0 Å². The average molecular weight is 294 g/mol. The standard InChI is InChI=1S/C13H15ClF3NO/c1-12(2)10(6-11(12)19)18-9-4-7(13(15,16)17)3-8(14)5-9/h3-5,10-11,18-19H,6H2,1-2H3. The average Bonchev–Trinajstić information content (AvgIpc) is 2.27. The van der Waals surface area contributed by atoms with Gasteiger partial charge in [0.25, 0.3) is 0 Å². The van der Waals surface area contributed by atoms with Crippen LogP contribution >= 0.6 is 11.6 Å². The summed E-state index contributed by atoms with van der Waals surface area (Å²) in [5.74, 6) is 0. The maximum Gasteiger partial charge on any atom is 0.416 e. The normalized spacial score (nSPS) is 25.8. The van der Waals surface area contributed by atoms with Crippen molar-refractivity contribution >= 4 is 17.3 Å².